The zero-order valence-corrected chi connectivity index (χ0v) is 18.8. The van der Waals surface area contributed by atoms with Crippen LogP contribution < -0.4 is 10.6 Å². The van der Waals surface area contributed by atoms with Gasteiger partial charge in [-0.2, -0.15) is 11.8 Å². The van der Waals surface area contributed by atoms with Gasteiger partial charge in [0.05, 0.1) is 0 Å². The van der Waals surface area contributed by atoms with Gasteiger partial charge in [0.25, 0.3) is 0 Å². The lowest BCUT2D eigenvalue weighted by Crippen LogP contribution is -2.47. The van der Waals surface area contributed by atoms with Gasteiger partial charge in [-0.1, -0.05) is 48.5 Å². The van der Waals surface area contributed by atoms with Gasteiger partial charge in [-0.25, -0.2) is 4.79 Å². The maximum Gasteiger partial charge on any atom is 0.407 e. The second kappa shape index (κ2) is 11.6. The minimum absolute atomic E-state index is 0.00606. The third-order valence-corrected chi connectivity index (χ3v) is 6.12. The molecule has 3 N–H and O–H groups in total. The number of carboxylic acids is 1. The van der Waals surface area contributed by atoms with Crippen molar-refractivity contribution in [2.75, 3.05) is 25.2 Å². The Kier molecular flexibility index (Phi) is 8.56. The van der Waals surface area contributed by atoms with Gasteiger partial charge in [0.1, 0.15) is 12.6 Å². The third-order valence-electron chi connectivity index (χ3n) is 5.42. The summed E-state index contributed by atoms with van der Waals surface area (Å²) in [5.41, 5.74) is 4.44. The number of hydrogen-bond acceptors (Lipinski definition) is 5. The Hall–Kier alpha value is -3.00. The van der Waals surface area contributed by atoms with Gasteiger partial charge in [0, 0.05) is 18.9 Å². The summed E-state index contributed by atoms with van der Waals surface area (Å²) >= 11 is 1.68. The number of nitrogens with one attached hydrogen (secondary N) is 2. The fourth-order valence-electron chi connectivity index (χ4n) is 3.87. The molecule has 1 unspecified atom stereocenters. The molecule has 2 aromatic rings. The van der Waals surface area contributed by atoms with Crippen molar-refractivity contribution < 1.29 is 24.2 Å². The fraction of sp³-hybridized carbons (Fsp3) is 0.375. The predicted molar refractivity (Wildman–Crippen MR) is 125 cm³/mol. The van der Waals surface area contributed by atoms with Gasteiger partial charge >= 0.3 is 12.1 Å². The summed E-state index contributed by atoms with van der Waals surface area (Å²) in [4.78, 5) is 35.9. The molecule has 0 radical (unpaired) electrons. The molecular formula is C24H28N2O5S. The van der Waals surface area contributed by atoms with E-state index in [-0.39, 0.29) is 25.4 Å². The van der Waals surface area contributed by atoms with E-state index in [2.05, 4.69) is 22.8 Å². The number of hydrogen-bond donors (Lipinski definition) is 3. The van der Waals surface area contributed by atoms with E-state index in [0.717, 1.165) is 34.4 Å². The van der Waals surface area contributed by atoms with Crippen LogP contribution >= 0.6 is 11.8 Å². The molecule has 2 aromatic carbocycles. The summed E-state index contributed by atoms with van der Waals surface area (Å²) in [7, 11) is 0. The van der Waals surface area contributed by atoms with Crippen LogP contribution in [0.5, 0.6) is 0 Å². The smallest absolute Gasteiger partial charge is 0.407 e. The summed E-state index contributed by atoms with van der Waals surface area (Å²) < 4.78 is 5.49. The van der Waals surface area contributed by atoms with Crippen LogP contribution in [0, 0.1) is 0 Å². The number of carboxylic acid groups (broad SMARTS) is 1. The van der Waals surface area contributed by atoms with Crippen LogP contribution in [-0.4, -0.2) is 54.3 Å². The van der Waals surface area contributed by atoms with Crippen molar-refractivity contribution >= 4 is 29.7 Å². The molecule has 170 valence electrons. The Morgan fingerprint density at radius 3 is 2.28 bits per heavy atom. The van der Waals surface area contributed by atoms with Gasteiger partial charge in [-0.3, -0.25) is 9.59 Å². The Morgan fingerprint density at radius 1 is 1.06 bits per heavy atom. The minimum Gasteiger partial charge on any atom is -0.481 e. The number of aliphatic carboxylic acids is 1. The van der Waals surface area contributed by atoms with Crippen LogP contribution in [0.2, 0.25) is 0 Å². The molecule has 0 saturated heterocycles. The molecule has 0 fully saturated rings. The number of benzene rings is 2. The van der Waals surface area contributed by atoms with Gasteiger partial charge in [0.2, 0.25) is 5.91 Å². The third kappa shape index (κ3) is 6.03. The summed E-state index contributed by atoms with van der Waals surface area (Å²) in [6.45, 7) is 0.594. The zero-order chi connectivity index (χ0) is 22.9. The first kappa shape index (κ1) is 23.7. The molecule has 8 heteroatoms. The molecule has 3 rings (SSSR count). The minimum atomic E-state index is -1.03. The molecule has 0 bridgehead atoms. The maximum atomic E-state index is 12.5. The van der Waals surface area contributed by atoms with E-state index >= 15 is 0 Å². The highest BCUT2D eigenvalue weighted by atomic mass is 32.2. The van der Waals surface area contributed by atoms with Crippen molar-refractivity contribution in [2.24, 2.45) is 0 Å². The van der Waals surface area contributed by atoms with Gasteiger partial charge < -0.3 is 20.5 Å². The molecule has 1 aliphatic rings. The van der Waals surface area contributed by atoms with Crippen LogP contribution in [0.1, 0.15) is 36.3 Å². The molecule has 0 aliphatic heterocycles. The average molecular weight is 457 g/mol. The normalized spacial score (nSPS) is 13.0. The monoisotopic (exact) mass is 456 g/mol. The van der Waals surface area contributed by atoms with Crippen molar-refractivity contribution in [3.05, 3.63) is 59.7 Å². The van der Waals surface area contributed by atoms with Crippen molar-refractivity contribution in [3.63, 3.8) is 0 Å². The summed E-state index contributed by atoms with van der Waals surface area (Å²) in [5, 5.41) is 14.3. The van der Waals surface area contributed by atoms with E-state index in [4.69, 9.17) is 9.84 Å². The lowest BCUT2D eigenvalue weighted by Gasteiger charge is -2.19. The van der Waals surface area contributed by atoms with E-state index in [1.807, 2.05) is 42.7 Å². The second-order valence-electron chi connectivity index (χ2n) is 7.59. The van der Waals surface area contributed by atoms with Crippen molar-refractivity contribution in [2.45, 2.75) is 31.2 Å². The molecule has 0 aromatic heterocycles. The molecular weight excluding hydrogens is 428 g/mol. The summed E-state index contributed by atoms with van der Waals surface area (Å²) in [5.74, 6) is -0.619. The number of thioether (sulfide) groups is 1. The lowest BCUT2D eigenvalue weighted by atomic mass is 9.98. The first-order chi connectivity index (χ1) is 15.5. The molecule has 32 heavy (non-hydrogen) atoms. The van der Waals surface area contributed by atoms with E-state index in [0.29, 0.717) is 6.54 Å². The largest absolute Gasteiger partial charge is 0.481 e. The fourth-order valence-corrected chi connectivity index (χ4v) is 4.30. The van der Waals surface area contributed by atoms with E-state index in [1.54, 1.807) is 11.8 Å². The Labute approximate surface area is 191 Å². The molecule has 0 saturated carbocycles. The van der Waals surface area contributed by atoms with Crippen LogP contribution in [0.4, 0.5) is 4.79 Å². The van der Waals surface area contributed by atoms with E-state index in [9.17, 15) is 14.4 Å². The topological polar surface area (TPSA) is 105 Å². The molecule has 0 heterocycles. The number of alkyl carbamates (subject to hydrolysis) is 1. The maximum absolute atomic E-state index is 12.5. The zero-order valence-electron chi connectivity index (χ0n) is 18.0. The molecule has 2 amide bonds. The van der Waals surface area contributed by atoms with Crippen LogP contribution in [-0.2, 0) is 14.3 Å². The first-order valence-corrected chi connectivity index (χ1v) is 12.0. The average Bonchev–Trinajstić information content (AvgIpc) is 3.11. The van der Waals surface area contributed by atoms with Gasteiger partial charge in [-0.15, -0.1) is 0 Å². The Bertz CT molecular complexity index is 919. The predicted octanol–water partition coefficient (Wildman–Crippen LogP) is 3.63. The van der Waals surface area contributed by atoms with Crippen molar-refractivity contribution in [1.29, 1.82) is 0 Å². The highest BCUT2D eigenvalue weighted by molar-refractivity contribution is 7.98. The molecule has 1 aliphatic carbocycles. The lowest BCUT2D eigenvalue weighted by molar-refractivity contribution is -0.137. The highest BCUT2D eigenvalue weighted by Gasteiger charge is 2.29. The number of amides is 2. The number of rotatable bonds is 11. The van der Waals surface area contributed by atoms with Crippen molar-refractivity contribution in [3.8, 4) is 11.1 Å². The molecule has 1 atom stereocenters. The summed E-state index contributed by atoms with van der Waals surface area (Å²) in [6, 6.07) is 15.1. The number of carbonyl (C=O) groups is 3. The van der Waals surface area contributed by atoms with E-state index < -0.39 is 24.0 Å². The Balaban J connectivity index is 1.61. The van der Waals surface area contributed by atoms with Gasteiger partial charge in [0.15, 0.2) is 0 Å². The standard InChI is InChI=1S/C24H28N2O5S/c1-32-14-6-13-25-23(29)21(11-12-22(27)28)26-24(30)31-15-20-18-9-4-2-7-16(18)17-8-3-5-10-19(17)20/h2-5,7-10,20-21H,6,11-15H2,1H3,(H,25,29)(H,26,30)(H,27,28). The second-order valence-corrected chi connectivity index (χ2v) is 8.58. The summed E-state index contributed by atoms with van der Waals surface area (Å²) in [6.07, 6.45) is 1.81. The van der Waals surface area contributed by atoms with E-state index in [1.165, 1.54) is 0 Å². The Morgan fingerprint density at radius 2 is 1.69 bits per heavy atom. The number of ether oxygens (including phenoxy) is 1. The molecule has 7 nitrogen and oxygen atoms in total. The quantitative estimate of drug-likeness (QED) is 0.446. The number of carbonyl (C=O) groups excluding carboxylic acids is 2. The number of fused-ring (bicyclic) bond motifs is 3. The molecule has 0 spiro atoms. The first-order valence-electron chi connectivity index (χ1n) is 10.6. The SMILES string of the molecule is CSCCCNC(=O)C(CCC(=O)O)NC(=O)OCC1c2ccccc2-c2ccccc21. The van der Waals surface area contributed by atoms with Crippen molar-refractivity contribution in [1.82, 2.24) is 10.6 Å². The van der Waals surface area contributed by atoms with Crippen LogP contribution in [0.15, 0.2) is 48.5 Å². The van der Waals surface area contributed by atoms with Gasteiger partial charge in [-0.05, 0) is 47.1 Å². The highest BCUT2D eigenvalue weighted by Crippen LogP contribution is 2.44. The van der Waals surface area contributed by atoms with Crippen LogP contribution in [0.3, 0.4) is 0 Å². The van der Waals surface area contributed by atoms with Crippen LogP contribution in [0.25, 0.3) is 11.1 Å².